The Hall–Kier alpha value is -2.64. The van der Waals surface area contributed by atoms with E-state index in [1.807, 2.05) is 18.3 Å². The zero-order chi connectivity index (χ0) is 17.5. The van der Waals surface area contributed by atoms with Crippen molar-refractivity contribution in [2.75, 3.05) is 13.6 Å². The lowest BCUT2D eigenvalue weighted by molar-refractivity contribution is -0.737. The second kappa shape index (κ2) is 12.9. The van der Waals surface area contributed by atoms with E-state index in [0.29, 0.717) is 18.8 Å². The largest absolute Gasteiger partial charge is 0.457 e. The molecule has 0 amide bonds. The van der Waals surface area contributed by atoms with Crippen molar-refractivity contribution in [1.82, 2.24) is 4.98 Å². The molecule has 1 aromatic rings. The van der Waals surface area contributed by atoms with E-state index < -0.39 is 0 Å². The van der Waals surface area contributed by atoms with Gasteiger partial charge in [-0.3, -0.25) is 0 Å². The number of ether oxygens (including phenoxy) is 3. The SMILES string of the molecule is C=CC/C(=C/C=N)N=COCOCOC[n+]1ccc(CC=C)nc1. The molecule has 0 aliphatic heterocycles. The Balaban J connectivity index is 2.13. The van der Waals surface area contributed by atoms with Crippen LogP contribution in [0.5, 0.6) is 0 Å². The van der Waals surface area contributed by atoms with Gasteiger partial charge in [-0.05, 0) is 6.08 Å². The van der Waals surface area contributed by atoms with Crippen molar-refractivity contribution in [3.63, 3.8) is 0 Å². The molecule has 0 aromatic carbocycles. The molecule has 1 aromatic heterocycles. The second-order valence-corrected chi connectivity index (χ2v) is 4.55. The summed E-state index contributed by atoms with van der Waals surface area (Å²) in [5, 5.41) is 7.01. The first-order valence-electron chi connectivity index (χ1n) is 7.35. The number of hydrogen-bond acceptors (Lipinski definition) is 6. The monoisotopic (exact) mass is 331 g/mol. The van der Waals surface area contributed by atoms with Crippen LogP contribution < -0.4 is 4.57 Å². The van der Waals surface area contributed by atoms with Crippen LogP contribution in [0.25, 0.3) is 0 Å². The Morgan fingerprint density at radius 2 is 2.17 bits per heavy atom. The molecule has 0 atom stereocenters. The number of hydrogen-bond donors (Lipinski definition) is 1. The maximum atomic E-state index is 7.01. The van der Waals surface area contributed by atoms with Gasteiger partial charge in [0.25, 0.3) is 6.33 Å². The summed E-state index contributed by atoms with van der Waals surface area (Å²) in [6.07, 6.45) is 12.4. The summed E-state index contributed by atoms with van der Waals surface area (Å²) in [5.74, 6) is 0. The van der Waals surface area contributed by atoms with Gasteiger partial charge in [-0.15, -0.1) is 13.2 Å². The minimum absolute atomic E-state index is 0.0245. The highest BCUT2D eigenvalue weighted by molar-refractivity contribution is 5.69. The Morgan fingerprint density at radius 3 is 2.83 bits per heavy atom. The maximum Gasteiger partial charge on any atom is 0.288 e. The standard InChI is InChI=1S/C17H23N4O3/c1-3-5-16(7-9-18)20-12-22-14-24-15-23-13-21-10-8-17(6-4-2)19-11-21/h3-4,7-12,18H,1-2,5-6,13-15H2/q+1/b16-7-,18-9?,20-12?. The fourth-order valence-electron chi connectivity index (χ4n) is 1.58. The molecule has 0 saturated carbocycles. The van der Waals surface area contributed by atoms with Crippen LogP contribution in [0.4, 0.5) is 0 Å². The first-order chi connectivity index (χ1) is 11.8. The predicted molar refractivity (Wildman–Crippen MR) is 91.5 cm³/mol. The quantitative estimate of drug-likeness (QED) is 0.150. The van der Waals surface area contributed by atoms with E-state index in [1.54, 1.807) is 23.0 Å². The van der Waals surface area contributed by atoms with Gasteiger partial charge in [0.15, 0.2) is 32.4 Å². The van der Waals surface area contributed by atoms with Crippen LogP contribution in [-0.4, -0.2) is 31.2 Å². The van der Waals surface area contributed by atoms with Crippen LogP contribution in [0.2, 0.25) is 0 Å². The smallest absolute Gasteiger partial charge is 0.288 e. The minimum Gasteiger partial charge on any atom is -0.457 e. The fraction of sp³-hybridized carbons (Fsp3) is 0.294. The molecule has 0 saturated heterocycles. The highest BCUT2D eigenvalue weighted by atomic mass is 16.7. The van der Waals surface area contributed by atoms with Crippen molar-refractivity contribution in [3.05, 3.63) is 61.4 Å². The number of allylic oxidation sites excluding steroid dienone is 3. The van der Waals surface area contributed by atoms with Crippen LogP contribution in [0.15, 0.2) is 60.7 Å². The van der Waals surface area contributed by atoms with Crippen LogP contribution in [-0.2, 0) is 27.4 Å². The lowest BCUT2D eigenvalue weighted by Gasteiger charge is -2.04. The lowest BCUT2D eigenvalue weighted by Crippen LogP contribution is -2.35. The maximum absolute atomic E-state index is 7.01. The van der Waals surface area contributed by atoms with E-state index in [2.05, 4.69) is 23.1 Å². The molecule has 0 unspecified atom stereocenters. The van der Waals surface area contributed by atoms with Crippen LogP contribution >= 0.6 is 0 Å². The van der Waals surface area contributed by atoms with Gasteiger partial charge in [-0.2, -0.15) is 0 Å². The molecule has 0 aliphatic rings. The van der Waals surface area contributed by atoms with Crippen LogP contribution in [0.3, 0.4) is 0 Å². The third-order valence-corrected chi connectivity index (χ3v) is 2.66. The molecule has 0 bridgehead atoms. The lowest BCUT2D eigenvalue weighted by atomic mass is 10.3. The summed E-state index contributed by atoms with van der Waals surface area (Å²) in [4.78, 5) is 8.30. The summed E-state index contributed by atoms with van der Waals surface area (Å²) in [5.41, 5.74) is 1.64. The van der Waals surface area contributed by atoms with Gasteiger partial charge in [-0.25, -0.2) is 9.56 Å². The molecule has 1 heterocycles. The summed E-state index contributed by atoms with van der Waals surface area (Å²) >= 11 is 0. The molecular formula is C17H23N4O3+. The number of aliphatic imine (C=N–C) groups is 1. The van der Waals surface area contributed by atoms with E-state index in [9.17, 15) is 0 Å². The molecule has 0 aliphatic carbocycles. The van der Waals surface area contributed by atoms with Crippen molar-refractivity contribution >= 4 is 12.6 Å². The third kappa shape index (κ3) is 8.72. The van der Waals surface area contributed by atoms with Crippen LogP contribution in [0, 0.1) is 5.41 Å². The van der Waals surface area contributed by atoms with Gasteiger partial charge in [0.2, 0.25) is 0 Å². The van der Waals surface area contributed by atoms with Gasteiger partial charge >= 0.3 is 0 Å². The number of nitrogens with zero attached hydrogens (tertiary/aromatic N) is 3. The Labute approximate surface area is 142 Å². The summed E-state index contributed by atoms with van der Waals surface area (Å²) < 4.78 is 17.4. The van der Waals surface area contributed by atoms with E-state index in [4.69, 9.17) is 19.6 Å². The van der Waals surface area contributed by atoms with Crippen molar-refractivity contribution < 1.29 is 18.8 Å². The predicted octanol–water partition coefficient (Wildman–Crippen LogP) is 2.16. The molecule has 0 spiro atoms. The van der Waals surface area contributed by atoms with E-state index >= 15 is 0 Å². The molecule has 7 heteroatoms. The van der Waals surface area contributed by atoms with Crippen molar-refractivity contribution in [3.8, 4) is 0 Å². The molecule has 7 nitrogen and oxygen atoms in total. The molecule has 24 heavy (non-hydrogen) atoms. The minimum atomic E-state index is 0.0245. The Bertz CT molecular complexity index is 568. The summed E-state index contributed by atoms with van der Waals surface area (Å²) in [6, 6.07) is 1.91. The van der Waals surface area contributed by atoms with E-state index in [1.165, 1.54) is 6.40 Å². The molecule has 0 fully saturated rings. The fourth-order valence-corrected chi connectivity index (χ4v) is 1.58. The van der Waals surface area contributed by atoms with E-state index in [0.717, 1.165) is 18.3 Å². The summed E-state index contributed by atoms with van der Waals surface area (Å²) in [6.45, 7) is 7.74. The zero-order valence-electron chi connectivity index (χ0n) is 13.6. The second-order valence-electron chi connectivity index (χ2n) is 4.55. The average Bonchev–Trinajstić information content (AvgIpc) is 2.59. The highest BCUT2D eigenvalue weighted by Crippen LogP contribution is 2.01. The van der Waals surface area contributed by atoms with Crippen molar-refractivity contribution in [2.24, 2.45) is 4.99 Å². The third-order valence-electron chi connectivity index (χ3n) is 2.66. The Morgan fingerprint density at radius 1 is 1.29 bits per heavy atom. The first kappa shape index (κ1) is 19.4. The number of nitrogens with one attached hydrogen (secondary N) is 1. The molecule has 0 radical (unpaired) electrons. The first-order valence-corrected chi connectivity index (χ1v) is 7.35. The van der Waals surface area contributed by atoms with Gasteiger partial charge in [0, 0.05) is 30.8 Å². The van der Waals surface area contributed by atoms with E-state index in [-0.39, 0.29) is 13.6 Å². The van der Waals surface area contributed by atoms with Crippen molar-refractivity contribution in [2.45, 2.75) is 19.6 Å². The normalized spacial score (nSPS) is 11.4. The Kier molecular flexibility index (Phi) is 10.4. The number of aromatic nitrogens is 2. The van der Waals surface area contributed by atoms with Gasteiger partial charge in [0.05, 0.1) is 6.20 Å². The van der Waals surface area contributed by atoms with Crippen LogP contribution in [0.1, 0.15) is 12.1 Å². The van der Waals surface area contributed by atoms with Crippen molar-refractivity contribution in [1.29, 1.82) is 5.41 Å². The molecule has 128 valence electrons. The van der Waals surface area contributed by atoms with Gasteiger partial charge in [0.1, 0.15) is 0 Å². The highest BCUT2D eigenvalue weighted by Gasteiger charge is 2.01. The molecular weight excluding hydrogens is 308 g/mol. The zero-order valence-corrected chi connectivity index (χ0v) is 13.6. The molecule has 1 N–H and O–H groups in total. The van der Waals surface area contributed by atoms with Gasteiger partial charge in [-0.1, -0.05) is 17.1 Å². The van der Waals surface area contributed by atoms with Gasteiger partial charge < -0.3 is 19.6 Å². The average molecular weight is 331 g/mol. The summed E-state index contributed by atoms with van der Waals surface area (Å²) in [7, 11) is 0. The topological polar surface area (TPSA) is 80.7 Å². The molecule has 1 rings (SSSR count). The number of rotatable bonds is 13.